The smallest absolute Gasteiger partial charge is 0.134 e. The number of aliphatic hydroxyl groups is 1. The van der Waals surface area contributed by atoms with Crippen molar-refractivity contribution in [1.29, 1.82) is 0 Å². The molecule has 5 heteroatoms. The molecule has 2 N–H and O–H groups in total. The van der Waals surface area contributed by atoms with Gasteiger partial charge < -0.3 is 19.7 Å². The Balaban J connectivity index is 1.96. The fourth-order valence-corrected chi connectivity index (χ4v) is 2.01. The van der Waals surface area contributed by atoms with E-state index in [1.54, 1.807) is 0 Å². The van der Waals surface area contributed by atoms with Crippen molar-refractivity contribution in [3.63, 3.8) is 0 Å². The maximum Gasteiger partial charge on any atom is 0.134 e. The van der Waals surface area contributed by atoms with Gasteiger partial charge in [0.2, 0.25) is 0 Å². The summed E-state index contributed by atoms with van der Waals surface area (Å²) in [5.74, 6) is 1.50. The van der Waals surface area contributed by atoms with Gasteiger partial charge in [0.25, 0.3) is 0 Å². The van der Waals surface area contributed by atoms with Crippen LogP contribution in [-0.2, 0) is 0 Å². The van der Waals surface area contributed by atoms with E-state index in [0.717, 1.165) is 22.8 Å². The van der Waals surface area contributed by atoms with Crippen LogP contribution in [0.25, 0.3) is 12.2 Å². The van der Waals surface area contributed by atoms with E-state index in [2.05, 4.69) is 10.5 Å². The number of nitrogens with one attached hydrogen (secondary N) is 1. The molecule has 1 aromatic heterocycles. The van der Waals surface area contributed by atoms with Gasteiger partial charge in [-0.15, -0.1) is 0 Å². The molecule has 1 unspecified atom stereocenters. The molecule has 2 aromatic rings. The molecule has 0 saturated carbocycles. The number of aromatic nitrogens is 1. The zero-order valence-electron chi connectivity index (χ0n) is 13.8. The summed E-state index contributed by atoms with van der Waals surface area (Å²) < 4.78 is 10.8. The Morgan fingerprint density at radius 3 is 2.78 bits per heavy atom. The predicted molar refractivity (Wildman–Crippen MR) is 91.3 cm³/mol. The number of rotatable bonds is 8. The van der Waals surface area contributed by atoms with E-state index in [9.17, 15) is 5.11 Å². The number of aryl methyl sites for hydroxylation is 1. The molecule has 0 aliphatic rings. The molecule has 124 valence electrons. The predicted octanol–water partition coefficient (Wildman–Crippen LogP) is 2.89. The van der Waals surface area contributed by atoms with Gasteiger partial charge in [-0.2, -0.15) is 0 Å². The third kappa shape index (κ3) is 5.88. The van der Waals surface area contributed by atoms with E-state index in [-0.39, 0.29) is 6.61 Å². The van der Waals surface area contributed by atoms with Crippen molar-refractivity contribution in [3.8, 4) is 5.75 Å². The number of para-hydroxylation sites is 1. The zero-order chi connectivity index (χ0) is 16.7. The van der Waals surface area contributed by atoms with Crippen molar-refractivity contribution in [2.45, 2.75) is 32.9 Å². The largest absolute Gasteiger partial charge is 0.490 e. The third-order valence-corrected chi connectivity index (χ3v) is 3.19. The van der Waals surface area contributed by atoms with Crippen molar-refractivity contribution in [2.75, 3.05) is 13.2 Å². The molecule has 5 nitrogen and oxygen atoms in total. The van der Waals surface area contributed by atoms with Gasteiger partial charge in [0.1, 0.15) is 29.9 Å². The summed E-state index contributed by atoms with van der Waals surface area (Å²) in [6.45, 7) is 6.69. The summed E-state index contributed by atoms with van der Waals surface area (Å²) in [4.78, 5) is 0. The average molecular weight is 316 g/mol. The van der Waals surface area contributed by atoms with Gasteiger partial charge in [0.05, 0.1) is 0 Å². The highest BCUT2D eigenvalue weighted by atomic mass is 16.5. The molecule has 1 heterocycles. The fraction of sp³-hybridized carbons (Fsp3) is 0.389. The van der Waals surface area contributed by atoms with Crippen molar-refractivity contribution >= 4 is 12.2 Å². The number of aliphatic hydroxyl groups excluding tert-OH is 1. The quantitative estimate of drug-likeness (QED) is 0.784. The Labute approximate surface area is 137 Å². The maximum absolute atomic E-state index is 9.93. The normalized spacial score (nSPS) is 12.9. The molecule has 1 atom stereocenters. The fourth-order valence-electron chi connectivity index (χ4n) is 2.01. The Kier molecular flexibility index (Phi) is 6.38. The van der Waals surface area contributed by atoms with Crippen LogP contribution in [-0.4, -0.2) is 35.6 Å². The number of ether oxygens (including phenoxy) is 1. The van der Waals surface area contributed by atoms with Gasteiger partial charge in [0, 0.05) is 24.2 Å². The maximum atomic E-state index is 9.93. The lowest BCUT2D eigenvalue weighted by Gasteiger charge is -2.16. The summed E-state index contributed by atoms with van der Waals surface area (Å²) >= 11 is 0. The van der Waals surface area contributed by atoms with Gasteiger partial charge in [-0.3, -0.25) is 0 Å². The van der Waals surface area contributed by atoms with E-state index in [1.807, 2.05) is 63.3 Å². The highest BCUT2D eigenvalue weighted by Crippen LogP contribution is 2.21. The minimum Gasteiger partial charge on any atom is -0.490 e. The van der Waals surface area contributed by atoms with Crippen LogP contribution in [0.1, 0.15) is 30.9 Å². The second-order valence-electron chi connectivity index (χ2n) is 5.76. The third-order valence-electron chi connectivity index (χ3n) is 3.19. The Morgan fingerprint density at radius 2 is 2.09 bits per heavy atom. The first-order valence-electron chi connectivity index (χ1n) is 7.79. The van der Waals surface area contributed by atoms with Crippen molar-refractivity contribution < 1.29 is 14.4 Å². The highest BCUT2D eigenvalue weighted by molar-refractivity contribution is 5.71. The Hall–Kier alpha value is -2.11. The molecular formula is C18H24N2O3. The van der Waals surface area contributed by atoms with Gasteiger partial charge in [0.15, 0.2) is 0 Å². The summed E-state index contributed by atoms with van der Waals surface area (Å²) in [5, 5.41) is 17.0. The van der Waals surface area contributed by atoms with E-state index in [0.29, 0.717) is 12.6 Å². The first kappa shape index (κ1) is 17.2. The minimum atomic E-state index is -0.548. The number of hydrogen-bond acceptors (Lipinski definition) is 5. The molecule has 1 aromatic carbocycles. The monoisotopic (exact) mass is 316 g/mol. The van der Waals surface area contributed by atoms with Crippen LogP contribution in [0, 0.1) is 6.92 Å². The zero-order valence-corrected chi connectivity index (χ0v) is 13.8. The van der Waals surface area contributed by atoms with E-state index >= 15 is 0 Å². The average Bonchev–Trinajstić information content (AvgIpc) is 2.95. The summed E-state index contributed by atoms with van der Waals surface area (Å²) in [6, 6.07) is 9.89. The molecular weight excluding hydrogens is 292 g/mol. The van der Waals surface area contributed by atoms with E-state index < -0.39 is 6.10 Å². The Morgan fingerprint density at radius 1 is 1.30 bits per heavy atom. The van der Waals surface area contributed by atoms with Crippen LogP contribution in [0.2, 0.25) is 0 Å². The van der Waals surface area contributed by atoms with Gasteiger partial charge in [-0.25, -0.2) is 0 Å². The summed E-state index contributed by atoms with van der Waals surface area (Å²) in [7, 11) is 0. The molecule has 0 radical (unpaired) electrons. The number of hydrogen-bond donors (Lipinski definition) is 2. The number of benzene rings is 1. The molecule has 0 fully saturated rings. The second kappa shape index (κ2) is 8.50. The van der Waals surface area contributed by atoms with Crippen molar-refractivity contribution in [2.24, 2.45) is 0 Å². The molecule has 0 saturated heterocycles. The van der Waals surface area contributed by atoms with Crippen LogP contribution in [0.15, 0.2) is 34.9 Å². The Bertz CT molecular complexity index is 635. The van der Waals surface area contributed by atoms with E-state index in [1.165, 1.54) is 0 Å². The lowest BCUT2D eigenvalue weighted by atomic mass is 10.1. The van der Waals surface area contributed by atoms with E-state index in [4.69, 9.17) is 9.26 Å². The van der Waals surface area contributed by atoms with Crippen LogP contribution in [0.5, 0.6) is 5.75 Å². The molecule has 0 aliphatic heterocycles. The van der Waals surface area contributed by atoms with Crippen LogP contribution >= 0.6 is 0 Å². The van der Waals surface area contributed by atoms with Crippen LogP contribution < -0.4 is 10.1 Å². The molecule has 0 spiro atoms. The minimum absolute atomic E-state index is 0.244. The second-order valence-corrected chi connectivity index (χ2v) is 5.76. The lowest BCUT2D eigenvalue weighted by Crippen LogP contribution is -2.35. The van der Waals surface area contributed by atoms with Crippen molar-refractivity contribution in [1.82, 2.24) is 10.5 Å². The first-order chi connectivity index (χ1) is 11.0. The molecule has 2 rings (SSSR count). The molecule has 0 bridgehead atoms. The summed E-state index contributed by atoms with van der Waals surface area (Å²) in [6.07, 6.45) is 3.24. The first-order valence-corrected chi connectivity index (χ1v) is 7.79. The molecule has 0 aliphatic carbocycles. The van der Waals surface area contributed by atoms with Gasteiger partial charge in [-0.05, 0) is 25.1 Å². The van der Waals surface area contributed by atoms with Crippen LogP contribution in [0.4, 0.5) is 0 Å². The molecule has 23 heavy (non-hydrogen) atoms. The van der Waals surface area contributed by atoms with Crippen LogP contribution in [0.3, 0.4) is 0 Å². The van der Waals surface area contributed by atoms with Crippen molar-refractivity contribution in [3.05, 3.63) is 47.3 Å². The number of nitrogens with zero attached hydrogens (tertiary/aromatic N) is 1. The van der Waals surface area contributed by atoms with Gasteiger partial charge >= 0.3 is 0 Å². The molecule has 0 amide bonds. The highest BCUT2D eigenvalue weighted by Gasteiger charge is 2.07. The SMILES string of the molecule is Cc1cc(/C=C/c2ccccc2OCC(O)CNC(C)C)no1. The summed E-state index contributed by atoms with van der Waals surface area (Å²) in [5.41, 5.74) is 1.69. The lowest BCUT2D eigenvalue weighted by molar-refractivity contribution is 0.104. The standard InChI is InChI=1S/C18H24N2O3/c1-13(2)19-11-17(21)12-22-18-7-5-4-6-15(18)8-9-16-10-14(3)23-20-16/h4-10,13,17,19,21H,11-12H2,1-3H3/b9-8+. The van der Waals surface area contributed by atoms with Gasteiger partial charge in [-0.1, -0.05) is 37.2 Å². The topological polar surface area (TPSA) is 67.5 Å².